The van der Waals surface area contributed by atoms with Gasteiger partial charge in [-0.2, -0.15) is 0 Å². The Kier molecular flexibility index (Phi) is 7.03. The van der Waals surface area contributed by atoms with E-state index in [0.29, 0.717) is 11.5 Å². The molecule has 1 rings (SSSR count). The molecular weight excluding hydrogens is 278 g/mol. The molecule has 0 atom stereocenters. The molecule has 1 aromatic carbocycles. The average Bonchev–Trinajstić information content (AvgIpc) is 2.48. The highest BCUT2D eigenvalue weighted by Crippen LogP contribution is 2.25. The number of ether oxygens (including phenoxy) is 3. The molecule has 0 heterocycles. The van der Waals surface area contributed by atoms with Gasteiger partial charge in [-0.1, -0.05) is 12.1 Å². The van der Waals surface area contributed by atoms with E-state index in [9.17, 15) is 9.59 Å². The van der Waals surface area contributed by atoms with Crippen LogP contribution in [0.2, 0.25) is 0 Å². The number of rotatable bonds is 9. The zero-order valence-electron chi connectivity index (χ0n) is 12.1. The molecule has 1 N–H and O–H groups in total. The van der Waals surface area contributed by atoms with Gasteiger partial charge in [0.25, 0.3) is 5.91 Å². The lowest BCUT2D eigenvalue weighted by Gasteiger charge is -2.20. The molecule has 0 radical (unpaired) electrons. The van der Waals surface area contributed by atoms with Gasteiger partial charge in [-0.25, -0.2) is 0 Å². The normalized spacial score (nSPS) is 10.0. The Morgan fingerprint density at radius 3 is 2.43 bits per heavy atom. The molecule has 21 heavy (non-hydrogen) atoms. The number of hydrogen-bond donors (Lipinski definition) is 1. The van der Waals surface area contributed by atoms with Crippen LogP contribution in [-0.2, 0) is 14.3 Å². The number of aliphatic carboxylic acids is 1. The topological polar surface area (TPSA) is 85.3 Å². The van der Waals surface area contributed by atoms with Gasteiger partial charge in [0.2, 0.25) is 0 Å². The zero-order chi connectivity index (χ0) is 15.7. The summed E-state index contributed by atoms with van der Waals surface area (Å²) in [6.07, 6.45) is 0. The van der Waals surface area contributed by atoms with Crippen LogP contribution >= 0.6 is 0 Å². The number of para-hydroxylation sites is 2. The van der Waals surface area contributed by atoms with Gasteiger partial charge in [0.15, 0.2) is 18.1 Å². The molecule has 7 heteroatoms. The number of amides is 1. The van der Waals surface area contributed by atoms with Crippen molar-refractivity contribution in [1.82, 2.24) is 4.90 Å². The number of hydrogen-bond acceptors (Lipinski definition) is 5. The van der Waals surface area contributed by atoms with E-state index in [0.717, 1.165) is 0 Å². The Morgan fingerprint density at radius 2 is 1.86 bits per heavy atom. The van der Waals surface area contributed by atoms with E-state index in [1.54, 1.807) is 24.3 Å². The second-order valence-electron chi connectivity index (χ2n) is 4.14. The SMILES string of the molecule is COCCN(CC(=O)O)C(=O)COc1ccccc1OC. The smallest absolute Gasteiger partial charge is 0.323 e. The summed E-state index contributed by atoms with van der Waals surface area (Å²) in [5, 5.41) is 8.80. The summed E-state index contributed by atoms with van der Waals surface area (Å²) in [4.78, 5) is 23.9. The standard InChI is InChI=1S/C14H19NO6/c1-19-8-7-15(9-14(17)18)13(16)10-21-12-6-4-3-5-11(12)20-2/h3-6H,7-10H2,1-2H3,(H,17,18). The van der Waals surface area contributed by atoms with Gasteiger partial charge < -0.3 is 24.2 Å². The van der Waals surface area contributed by atoms with E-state index in [1.807, 2.05) is 0 Å². The van der Waals surface area contributed by atoms with Gasteiger partial charge in [0.05, 0.1) is 13.7 Å². The van der Waals surface area contributed by atoms with Crippen LogP contribution in [0.3, 0.4) is 0 Å². The molecule has 0 aliphatic carbocycles. The van der Waals surface area contributed by atoms with Crippen LogP contribution < -0.4 is 9.47 Å². The van der Waals surface area contributed by atoms with Crippen molar-refractivity contribution in [2.75, 3.05) is 40.5 Å². The molecule has 1 aromatic rings. The molecule has 0 unspecified atom stereocenters. The summed E-state index contributed by atoms with van der Waals surface area (Å²) in [7, 11) is 2.98. The maximum absolute atomic E-state index is 12.0. The van der Waals surface area contributed by atoms with E-state index in [-0.39, 0.29) is 19.8 Å². The largest absolute Gasteiger partial charge is 0.493 e. The molecular formula is C14H19NO6. The van der Waals surface area contributed by atoms with Crippen molar-refractivity contribution < 1.29 is 28.9 Å². The monoisotopic (exact) mass is 297 g/mol. The van der Waals surface area contributed by atoms with Crippen LogP contribution in [-0.4, -0.2) is 62.4 Å². The van der Waals surface area contributed by atoms with Crippen LogP contribution in [0.4, 0.5) is 0 Å². The third-order valence-corrected chi connectivity index (χ3v) is 2.66. The number of carbonyl (C=O) groups is 2. The molecule has 0 aliphatic heterocycles. The first-order valence-electron chi connectivity index (χ1n) is 6.32. The van der Waals surface area contributed by atoms with E-state index >= 15 is 0 Å². The molecule has 7 nitrogen and oxygen atoms in total. The van der Waals surface area contributed by atoms with Gasteiger partial charge in [0, 0.05) is 13.7 Å². The number of carbonyl (C=O) groups excluding carboxylic acids is 1. The summed E-state index contributed by atoms with van der Waals surface area (Å²) >= 11 is 0. The predicted octanol–water partition coefficient (Wildman–Crippen LogP) is 0.634. The van der Waals surface area contributed by atoms with E-state index in [2.05, 4.69) is 0 Å². The Labute approximate surface area is 123 Å². The summed E-state index contributed by atoms with van der Waals surface area (Å²) < 4.78 is 15.3. The van der Waals surface area contributed by atoms with Crippen molar-refractivity contribution >= 4 is 11.9 Å². The molecule has 0 saturated carbocycles. The van der Waals surface area contributed by atoms with Crippen LogP contribution in [0, 0.1) is 0 Å². The number of carboxylic acids is 1. The minimum atomic E-state index is -1.09. The summed E-state index contributed by atoms with van der Waals surface area (Å²) in [5.74, 6) is -0.584. The highest BCUT2D eigenvalue weighted by atomic mass is 16.5. The second-order valence-corrected chi connectivity index (χ2v) is 4.14. The predicted molar refractivity (Wildman–Crippen MR) is 74.6 cm³/mol. The average molecular weight is 297 g/mol. The first-order valence-corrected chi connectivity index (χ1v) is 6.32. The van der Waals surface area contributed by atoms with Crippen molar-refractivity contribution in [1.29, 1.82) is 0 Å². The minimum Gasteiger partial charge on any atom is -0.493 e. The fourth-order valence-corrected chi connectivity index (χ4v) is 1.63. The molecule has 0 spiro atoms. The van der Waals surface area contributed by atoms with Crippen LogP contribution in [0.15, 0.2) is 24.3 Å². The number of nitrogens with zero attached hydrogens (tertiary/aromatic N) is 1. The Balaban J connectivity index is 2.61. The molecule has 1 amide bonds. The van der Waals surface area contributed by atoms with Crippen LogP contribution in [0.25, 0.3) is 0 Å². The van der Waals surface area contributed by atoms with Crippen molar-refractivity contribution in [3.05, 3.63) is 24.3 Å². The molecule has 0 aliphatic rings. The van der Waals surface area contributed by atoms with E-state index in [1.165, 1.54) is 19.1 Å². The van der Waals surface area contributed by atoms with Gasteiger partial charge >= 0.3 is 5.97 Å². The van der Waals surface area contributed by atoms with Crippen LogP contribution in [0.5, 0.6) is 11.5 Å². The minimum absolute atomic E-state index is 0.191. The first kappa shape index (κ1) is 16.8. The van der Waals surface area contributed by atoms with E-state index < -0.39 is 18.4 Å². The molecule has 0 fully saturated rings. The summed E-state index contributed by atoms with van der Waals surface area (Å²) in [5.41, 5.74) is 0. The van der Waals surface area contributed by atoms with E-state index in [4.69, 9.17) is 19.3 Å². The third-order valence-electron chi connectivity index (χ3n) is 2.66. The van der Waals surface area contributed by atoms with Crippen molar-refractivity contribution in [3.63, 3.8) is 0 Å². The molecule has 0 saturated heterocycles. The highest BCUT2D eigenvalue weighted by Gasteiger charge is 2.17. The van der Waals surface area contributed by atoms with Crippen molar-refractivity contribution in [2.24, 2.45) is 0 Å². The number of methoxy groups -OCH3 is 2. The number of benzene rings is 1. The summed E-state index contributed by atoms with van der Waals surface area (Å²) in [6.45, 7) is -0.209. The fourth-order valence-electron chi connectivity index (χ4n) is 1.63. The second kappa shape index (κ2) is 8.80. The quantitative estimate of drug-likeness (QED) is 0.719. The third kappa shape index (κ3) is 5.70. The summed E-state index contributed by atoms with van der Waals surface area (Å²) in [6, 6.07) is 6.91. The zero-order valence-corrected chi connectivity index (χ0v) is 12.1. The maximum Gasteiger partial charge on any atom is 0.323 e. The lowest BCUT2D eigenvalue weighted by atomic mass is 10.3. The van der Waals surface area contributed by atoms with Gasteiger partial charge in [-0.15, -0.1) is 0 Å². The molecule has 116 valence electrons. The Morgan fingerprint density at radius 1 is 1.19 bits per heavy atom. The van der Waals surface area contributed by atoms with Gasteiger partial charge in [-0.05, 0) is 12.1 Å². The Hall–Kier alpha value is -2.28. The van der Waals surface area contributed by atoms with Crippen molar-refractivity contribution in [3.8, 4) is 11.5 Å². The number of carboxylic acid groups (broad SMARTS) is 1. The molecule has 0 aromatic heterocycles. The van der Waals surface area contributed by atoms with Crippen LogP contribution in [0.1, 0.15) is 0 Å². The Bertz CT molecular complexity index is 476. The van der Waals surface area contributed by atoms with Gasteiger partial charge in [-0.3, -0.25) is 9.59 Å². The maximum atomic E-state index is 12.0. The molecule has 0 bridgehead atoms. The highest BCUT2D eigenvalue weighted by molar-refractivity contribution is 5.82. The van der Waals surface area contributed by atoms with Crippen molar-refractivity contribution in [2.45, 2.75) is 0 Å². The first-order chi connectivity index (χ1) is 10.1. The lowest BCUT2D eigenvalue weighted by Crippen LogP contribution is -2.40. The van der Waals surface area contributed by atoms with Gasteiger partial charge in [0.1, 0.15) is 6.54 Å². The fraction of sp³-hybridized carbons (Fsp3) is 0.429. The lowest BCUT2D eigenvalue weighted by molar-refractivity contribution is -0.145.